The lowest BCUT2D eigenvalue weighted by molar-refractivity contribution is 0.0727. The van der Waals surface area contributed by atoms with E-state index >= 15 is 0 Å². The standard InChI is InChI=1S/C22H22N4O/c1-2-26(19-10-4-3-5-11-19)21-13-12-20(23-24-21)22(27)25-15-14-17-8-6-7-9-18(17)16-25/h3-13H,2,14-16H2,1H3. The molecular formula is C22H22N4O. The number of carbonyl (C=O) groups excluding carboxylic acids is 1. The Morgan fingerprint density at radius 2 is 1.70 bits per heavy atom. The Morgan fingerprint density at radius 3 is 2.41 bits per heavy atom. The van der Waals surface area contributed by atoms with Crippen molar-refractivity contribution in [2.75, 3.05) is 18.0 Å². The fourth-order valence-corrected chi connectivity index (χ4v) is 3.50. The number of benzene rings is 2. The number of fused-ring (bicyclic) bond motifs is 1. The Hall–Kier alpha value is -3.21. The first kappa shape index (κ1) is 17.2. The van der Waals surface area contributed by atoms with Crippen LogP contribution in [0, 0.1) is 0 Å². The summed E-state index contributed by atoms with van der Waals surface area (Å²) in [4.78, 5) is 16.8. The van der Waals surface area contributed by atoms with Crippen LogP contribution in [0.1, 0.15) is 28.5 Å². The molecule has 4 rings (SSSR count). The molecule has 0 bridgehead atoms. The molecule has 1 aliphatic heterocycles. The van der Waals surface area contributed by atoms with Crippen molar-refractivity contribution in [3.8, 4) is 0 Å². The van der Waals surface area contributed by atoms with Crippen molar-refractivity contribution in [3.05, 3.63) is 83.6 Å². The number of carbonyl (C=O) groups is 1. The summed E-state index contributed by atoms with van der Waals surface area (Å²) in [6.07, 6.45) is 0.880. The number of amides is 1. The van der Waals surface area contributed by atoms with Gasteiger partial charge in [0.05, 0.1) is 0 Å². The molecule has 0 unspecified atom stereocenters. The van der Waals surface area contributed by atoms with Gasteiger partial charge in [-0.2, -0.15) is 0 Å². The van der Waals surface area contributed by atoms with Crippen molar-refractivity contribution in [2.24, 2.45) is 0 Å². The van der Waals surface area contributed by atoms with Gasteiger partial charge in [-0.25, -0.2) is 0 Å². The van der Waals surface area contributed by atoms with Crippen molar-refractivity contribution in [1.82, 2.24) is 15.1 Å². The maximum absolute atomic E-state index is 12.8. The zero-order valence-corrected chi connectivity index (χ0v) is 15.4. The summed E-state index contributed by atoms with van der Waals surface area (Å²) in [5.41, 5.74) is 3.98. The van der Waals surface area contributed by atoms with Crippen molar-refractivity contribution >= 4 is 17.4 Å². The van der Waals surface area contributed by atoms with E-state index in [0.717, 1.165) is 24.5 Å². The molecule has 0 fully saturated rings. The van der Waals surface area contributed by atoms with E-state index in [9.17, 15) is 4.79 Å². The molecule has 2 heterocycles. The van der Waals surface area contributed by atoms with Crippen LogP contribution in [0.25, 0.3) is 0 Å². The molecule has 0 spiro atoms. The summed E-state index contributed by atoms with van der Waals surface area (Å²) in [7, 11) is 0. The van der Waals surface area contributed by atoms with Crippen LogP contribution in [0.5, 0.6) is 0 Å². The molecule has 2 aromatic carbocycles. The predicted octanol–water partition coefficient (Wildman–Crippen LogP) is 3.83. The van der Waals surface area contributed by atoms with Crippen molar-refractivity contribution in [1.29, 1.82) is 0 Å². The second kappa shape index (κ2) is 7.58. The number of anilines is 2. The largest absolute Gasteiger partial charge is 0.333 e. The van der Waals surface area contributed by atoms with Gasteiger partial charge in [0.25, 0.3) is 5.91 Å². The van der Waals surface area contributed by atoms with E-state index in [-0.39, 0.29) is 5.91 Å². The Balaban J connectivity index is 1.51. The minimum atomic E-state index is -0.0636. The quantitative estimate of drug-likeness (QED) is 0.711. The van der Waals surface area contributed by atoms with Crippen LogP contribution < -0.4 is 4.90 Å². The van der Waals surface area contributed by atoms with Crippen LogP contribution in [0.15, 0.2) is 66.7 Å². The van der Waals surface area contributed by atoms with E-state index in [1.165, 1.54) is 11.1 Å². The molecule has 136 valence electrons. The summed E-state index contributed by atoms with van der Waals surface area (Å²) in [6.45, 7) is 4.18. The fourth-order valence-electron chi connectivity index (χ4n) is 3.50. The highest BCUT2D eigenvalue weighted by atomic mass is 16.2. The summed E-state index contributed by atoms with van der Waals surface area (Å²) >= 11 is 0. The van der Waals surface area contributed by atoms with Crippen molar-refractivity contribution < 1.29 is 4.79 Å². The Labute approximate surface area is 159 Å². The summed E-state index contributed by atoms with van der Waals surface area (Å²) in [5, 5.41) is 8.54. The monoisotopic (exact) mass is 358 g/mol. The van der Waals surface area contributed by atoms with E-state index in [1.807, 2.05) is 53.4 Å². The lowest BCUT2D eigenvalue weighted by Crippen LogP contribution is -2.36. The van der Waals surface area contributed by atoms with Gasteiger partial charge >= 0.3 is 0 Å². The first-order valence-corrected chi connectivity index (χ1v) is 9.28. The zero-order valence-electron chi connectivity index (χ0n) is 15.4. The lowest BCUT2D eigenvalue weighted by atomic mass is 10.00. The number of hydrogen-bond donors (Lipinski definition) is 0. The number of para-hydroxylation sites is 1. The van der Waals surface area contributed by atoms with Gasteiger partial charge in [-0.15, -0.1) is 10.2 Å². The number of nitrogens with zero attached hydrogens (tertiary/aromatic N) is 4. The molecular weight excluding hydrogens is 336 g/mol. The third kappa shape index (κ3) is 3.53. The van der Waals surface area contributed by atoms with Gasteiger partial charge in [-0.05, 0) is 48.7 Å². The van der Waals surface area contributed by atoms with Crippen LogP contribution >= 0.6 is 0 Å². The first-order valence-electron chi connectivity index (χ1n) is 9.28. The van der Waals surface area contributed by atoms with Gasteiger partial charge in [0, 0.05) is 25.3 Å². The van der Waals surface area contributed by atoms with Crippen LogP contribution in [0.4, 0.5) is 11.5 Å². The SMILES string of the molecule is CCN(c1ccccc1)c1ccc(C(=O)N2CCc3ccccc3C2)nn1. The van der Waals surface area contributed by atoms with Crippen molar-refractivity contribution in [2.45, 2.75) is 19.9 Å². The number of rotatable bonds is 4. The van der Waals surface area contributed by atoms with Gasteiger partial charge in [-0.3, -0.25) is 4.79 Å². The van der Waals surface area contributed by atoms with E-state index in [2.05, 4.69) is 34.2 Å². The molecule has 5 nitrogen and oxygen atoms in total. The highest BCUT2D eigenvalue weighted by molar-refractivity contribution is 5.92. The lowest BCUT2D eigenvalue weighted by Gasteiger charge is -2.28. The number of aromatic nitrogens is 2. The second-order valence-corrected chi connectivity index (χ2v) is 6.60. The topological polar surface area (TPSA) is 49.3 Å². The van der Waals surface area contributed by atoms with Gasteiger partial charge in [0.15, 0.2) is 11.5 Å². The summed E-state index contributed by atoms with van der Waals surface area (Å²) < 4.78 is 0. The molecule has 0 radical (unpaired) electrons. The van der Waals surface area contributed by atoms with Gasteiger partial charge in [-0.1, -0.05) is 42.5 Å². The molecule has 1 amide bonds. The normalized spacial score (nSPS) is 13.1. The molecule has 5 heteroatoms. The minimum absolute atomic E-state index is 0.0636. The highest BCUT2D eigenvalue weighted by Gasteiger charge is 2.23. The summed E-state index contributed by atoms with van der Waals surface area (Å²) in [6, 6.07) is 22.0. The molecule has 1 aliphatic rings. The van der Waals surface area contributed by atoms with Crippen LogP contribution in [-0.4, -0.2) is 34.1 Å². The average Bonchev–Trinajstić information content (AvgIpc) is 2.75. The Kier molecular flexibility index (Phi) is 4.83. The smallest absolute Gasteiger partial charge is 0.274 e. The first-order chi connectivity index (χ1) is 13.3. The van der Waals surface area contributed by atoms with Gasteiger partial charge < -0.3 is 9.80 Å². The maximum Gasteiger partial charge on any atom is 0.274 e. The van der Waals surface area contributed by atoms with Crippen LogP contribution in [0.2, 0.25) is 0 Å². The fraction of sp³-hybridized carbons (Fsp3) is 0.227. The third-order valence-corrected chi connectivity index (χ3v) is 4.95. The molecule has 0 saturated heterocycles. The molecule has 27 heavy (non-hydrogen) atoms. The molecule has 0 N–H and O–H groups in total. The molecule has 0 atom stereocenters. The average molecular weight is 358 g/mol. The zero-order chi connectivity index (χ0) is 18.6. The molecule has 1 aromatic heterocycles. The molecule has 0 saturated carbocycles. The van der Waals surface area contributed by atoms with Crippen molar-refractivity contribution in [3.63, 3.8) is 0 Å². The van der Waals surface area contributed by atoms with E-state index in [1.54, 1.807) is 6.07 Å². The third-order valence-electron chi connectivity index (χ3n) is 4.95. The van der Waals surface area contributed by atoms with E-state index in [0.29, 0.717) is 18.8 Å². The van der Waals surface area contributed by atoms with E-state index < -0.39 is 0 Å². The van der Waals surface area contributed by atoms with Gasteiger partial charge in [0.1, 0.15) is 0 Å². The number of hydrogen-bond acceptors (Lipinski definition) is 4. The highest BCUT2D eigenvalue weighted by Crippen LogP contribution is 2.23. The van der Waals surface area contributed by atoms with E-state index in [4.69, 9.17) is 0 Å². The van der Waals surface area contributed by atoms with Crippen LogP contribution in [0.3, 0.4) is 0 Å². The Morgan fingerprint density at radius 1 is 0.963 bits per heavy atom. The summed E-state index contributed by atoms with van der Waals surface area (Å²) in [5.74, 6) is 0.676. The van der Waals surface area contributed by atoms with Crippen LogP contribution in [-0.2, 0) is 13.0 Å². The molecule has 0 aliphatic carbocycles. The van der Waals surface area contributed by atoms with Gasteiger partial charge in [0.2, 0.25) is 0 Å². The minimum Gasteiger partial charge on any atom is -0.333 e. The maximum atomic E-state index is 12.8. The second-order valence-electron chi connectivity index (χ2n) is 6.60. The predicted molar refractivity (Wildman–Crippen MR) is 106 cm³/mol. The molecule has 3 aromatic rings. The Bertz CT molecular complexity index is 925.